The zero-order valence-corrected chi connectivity index (χ0v) is 18.0. The summed E-state index contributed by atoms with van der Waals surface area (Å²) in [5.74, 6) is 0.163. The summed E-state index contributed by atoms with van der Waals surface area (Å²) in [5.41, 5.74) is 4.97. The molecule has 0 fully saturated rings. The first-order chi connectivity index (χ1) is 15.6. The van der Waals surface area contributed by atoms with Gasteiger partial charge in [0.15, 0.2) is 5.75 Å². The number of fused-ring (bicyclic) bond motifs is 1. The van der Waals surface area contributed by atoms with Gasteiger partial charge in [-0.2, -0.15) is 10.2 Å². The number of para-hydroxylation sites is 1. The minimum atomic E-state index is -0.302. The number of esters is 1. The van der Waals surface area contributed by atoms with Gasteiger partial charge in [0.05, 0.1) is 30.3 Å². The summed E-state index contributed by atoms with van der Waals surface area (Å²) in [5, 5.41) is 9.38. The van der Waals surface area contributed by atoms with Crippen LogP contribution in [0.1, 0.15) is 31.4 Å². The van der Waals surface area contributed by atoms with Crippen LogP contribution in [0.15, 0.2) is 66.7 Å². The van der Waals surface area contributed by atoms with E-state index in [0.717, 1.165) is 22.2 Å². The number of aromatic nitrogens is 2. The lowest BCUT2D eigenvalue weighted by Crippen LogP contribution is -2.09. The van der Waals surface area contributed by atoms with E-state index in [1.807, 2.05) is 72.2 Å². The van der Waals surface area contributed by atoms with Crippen molar-refractivity contribution in [1.29, 1.82) is 5.26 Å². The topological polar surface area (TPSA) is 77.1 Å². The number of ether oxygens (including phenoxy) is 2. The van der Waals surface area contributed by atoms with Crippen LogP contribution in [0, 0.1) is 11.3 Å². The molecule has 0 aliphatic carbocycles. The summed E-state index contributed by atoms with van der Waals surface area (Å²) in [4.78, 5) is 16.5. The SMILES string of the molecule is CCOc1nc2cccc(OC(=O)CC)c2n1Cc1ccc(-c2ccccc2C#N)cc1. The molecule has 160 valence electrons. The summed E-state index contributed by atoms with van der Waals surface area (Å²) in [6.07, 6.45) is 0.286. The van der Waals surface area contributed by atoms with E-state index in [4.69, 9.17) is 9.47 Å². The molecule has 4 rings (SSSR count). The van der Waals surface area contributed by atoms with E-state index in [-0.39, 0.29) is 12.4 Å². The van der Waals surface area contributed by atoms with E-state index < -0.39 is 0 Å². The molecule has 0 unspecified atom stereocenters. The van der Waals surface area contributed by atoms with Crippen LogP contribution < -0.4 is 9.47 Å². The Labute approximate surface area is 186 Å². The maximum atomic E-state index is 11.9. The molecule has 0 saturated carbocycles. The van der Waals surface area contributed by atoms with Gasteiger partial charge in [-0.1, -0.05) is 55.5 Å². The molecule has 1 aromatic heterocycles. The van der Waals surface area contributed by atoms with Crippen molar-refractivity contribution in [1.82, 2.24) is 9.55 Å². The third kappa shape index (κ3) is 4.19. The highest BCUT2D eigenvalue weighted by Crippen LogP contribution is 2.31. The lowest BCUT2D eigenvalue weighted by Gasteiger charge is -2.12. The monoisotopic (exact) mass is 425 g/mol. The van der Waals surface area contributed by atoms with Gasteiger partial charge in [-0.3, -0.25) is 9.36 Å². The Morgan fingerprint density at radius 3 is 2.53 bits per heavy atom. The highest BCUT2D eigenvalue weighted by atomic mass is 16.5. The number of benzene rings is 3. The van der Waals surface area contributed by atoms with Gasteiger partial charge >= 0.3 is 5.97 Å². The second-order valence-electron chi connectivity index (χ2n) is 7.22. The summed E-state index contributed by atoms with van der Waals surface area (Å²) < 4.78 is 13.3. The molecule has 0 aliphatic heterocycles. The Morgan fingerprint density at radius 1 is 1.03 bits per heavy atom. The number of imidazole rings is 1. The molecule has 0 atom stereocenters. The smallest absolute Gasteiger partial charge is 0.310 e. The lowest BCUT2D eigenvalue weighted by molar-refractivity contribution is -0.133. The van der Waals surface area contributed by atoms with E-state index in [0.29, 0.717) is 36.0 Å². The fraction of sp³-hybridized carbons (Fsp3) is 0.192. The Hall–Kier alpha value is -4.11. The second-order valence-corrected chi connectivity index (χ2v) is 7.22. The molecule has 1 heterocycles. The van der Waals surface area contributed by atoms with Crippen molar-refractivity contribution in [3.63, 3.8) is 0 Å². The van der Waals surface area contributed by atoms with Crippen LogP contribution in [-0.2, 0) is 11.3 Å². The fourth-order valence-electron chi connectivity index (χ4n) is 3.60. The molecule has 0 amide bonds. The van der Waals surface area contributed by atoms with Crippen LogP contribution in [0.5, 0.6) is 11.8 Å². The van der Waals surface area contributed by atoms with Crippen molar-refractivity contribution >= 4 is 17.0 Å². The van der Waals surface area contributed by atoms with Crippen LogP contribution in [-0.4, -0.2) is 22.1 Å². The van der Waals surface area contributed by atoms with Crippen molar-refractivity contribution in [2.45, 2.75) is 26.8 Å². The molecule has 0 aliphatic rings. The third-order valence-electron chi connectivity index (χ3n) is 5.13. The fourth-order valence-corrected chi connectivity index (χ4v) is 3.60. The van der Waals surface area contributed by atoms with Gasteiger partial charge in [-0.15, -0.1) is 0 Å². The van der Waals surface area contributed by atoms with E-state index in [9.17, 15) is 10.1 Å². The summed E-state index contributed by atoms with van der Waals surface area (Å²) in [6.45, 7) is 4.63. The molecule has 0 bridgehead atoms. The summed E-state index contributed by atoms with van der Waals surface area (Å²) in [6, 6.07) is 23.8. The third-order valence-corrected chi connectivity index (χ3v) is 5.13. The molecule has 0 N–H and O–H groups in total. The molecule has 3 aromatic carbocycles. The van der Waals surface area contributed by atoms with Crippen LogP contribution >= 0.6 is 0 Å². The van der Waals surface area contributed by atoms with Crippen molar-refractivity contribution in [3.05, 3.63) is 77.9 Å². The zero-order chi connectivity index (χ0) is 22.5. The molecule has 6 nitrogen and oxygen atoms in total. The number of carbonyl (C=O) groups excluding carboxylic acids is 1. The average Bonchev–Trinajstić information content (AvgIpc) is 3.17. The van der Waals surface area contributed by atoms with Crippen LogP contribution in [0.25, 0.3) is 22.2 Å². The number of hydrogen-bond acceptors (Lipinski definition) is 5. The Balaban J connectivity index is 1.72. The van der Waals surface area contributed by atoms with E-state index >= 15 is 0 Å². The van der Waals surface area contributed by atoms with Gasteiger partial charge in [0.25, 0.3) is 6.01 Å². The highest BCUT2D eigenvalue weighted by Gasteiger charge is 2.18. The van der Waals surface area contributed by atoms with Crippen molar-refractivity contribution in [3.8, 4) is 29.0 Å². The molecule has 32 heavy (non-hydrogen) atoms. The predicted molar refractivity (Wildman–Crippen MR) is 123 cm³/mol. The van der Waals surface area contributed by atoms with Gasteiger partial charge in [0.2, 0.25) is 0 Å². The van der Waals surface area contributed by atoms with Gasteiger partial charge in [-0.05, 0) is 41.8 Å². The maximum Gasteiger partial charge on any atom is 0.310 e. The number of hydrogen-bond donors (Lipinski definition) is 0. The van der Waals surface area contributed by atoms with Crippen LogP contribution in [0.3, 0.4) is 0 Å². The van der Waals surface area contributed by atoms with Crippen molar-refractivity contribution < 1.29 is 14.3 Å². The van der Waals surface area contributed by atoms with Crippen molar-refractivity contribution in [2.24, 2.45) is 0 Å². The Bertz CT molecular complexity index is 1300. The minimum Gasteiger partial charge on any atom is -0.465 e. The quantitative estimate of drug-likeness (QED) is 0.295. The van der Waals surface area contributed by atoms with Crippen molar-refractivity contribution in [2.75, 3.05) is 6.61 Å². The van der Waals surface area contributed by atoms with E-state index in [2.05, 4.69) is 11.1 Å². The van der Waals surface area contributed by atoms with Crippen LogP contribution in [0.4, 0.5) is 0 Å². The predicted octanol–water partition coefficient (Wildman–Crippen LogP) is 5.34. The molecule has 0 saturated heterocycles. The van der Waals surface area contributed by atoms with Gasteiger partial charge < -0.3 is 9.47 Å². The molecule has 0 radical (unpaired) electrons. The standard InChI is InChI=1S/C26H23N3O3/c1-3-24(30)32-23-11-7-10-22-25(23)29(26(28-22)31-4-2)17-18-12-14-19(15-13-18)21-9-6-5-8-20(21)16-27/h5-15H,3-4,17H2,1-2H3. The molecular formula is C26H23N3O3. The van der Waals surface area contributed by atoms with Crippen LogP contribution in [0.2, 0.25) is 0 Å². The first-order valence-corrected chi connectivity index (χ1v) is 10.6. The minimum absolute atomic E-state index is 0.286. The number of nitriles is 1. The number of carbonyl (C=O) groups is 1. The van der Waals surface area contributed by atoms with Gasteiger partial charge in [0, 0.05) is 6.42 Å². The molecule has 4 aromatic rings. The normalized spacial score (nSPS) is 10.7. The highest BCUT2D eigenvalue weighted by molar-refractivity contribution is 5.86. The maximum absolute atomic E-state index is 11.9. The molecular weight excluding hydrogens is 402 g/mol. The van der Waals surface area contributed by atoms with Gasteiger partial charge in [-0.25, -0.2) is 0 Å². The second kappa shape index (κ2) is 9.36. The molecule has 6 heteroatoms. The zero-order valence-electron chi connectivity index (χ0n) is 18.0. The largest absolute Gasteiger partial charge is 0.465 e. The van der Waals surface area contributed by atoms with E-state index in [1.165, 1.54) is 0 Å². The molecule has 0 spiro atoms. The van der Waals surface area contributed by atoms with Gasteiger partial charge in [0.1, 0.15) is 5.52 Å². The average molecular weight is 425 g/mol. The summed E-state index contributed by atoms with van der Waals surface area (Å²) in [7, 11) is 0. The summed E-state index contributed by atoms with van der Waals surface area (Å²) >= 11 is 0. The first kappa shape index (κ1) is 21.1. The Morgan fingerprint density at radius 2 is 1.81 bits per heavy atom. The number of rotatable bonds is 7. The number of nitrogens with zero attached hydrogens (tertiary/aromatic N) is 3. The lowest BCUT2D eigenvalue weighted by atomic mass is 9.99. The Kier molecular flexibility index (Phi) is 6.18. The first-order valence-electron chi connectivity index (χ1n) is 10.6. The van der Waals surface area contributed by atoms with E-state index in [1.54, 1.807) is 13.0 Å².